The van der Waals surface area contributed by atoms with Crippen molar-refractivity contribution in [1.82, 2.24) is 10.2 Å². The average Bonchev–Trinajstić information content (AvgIpc) is 3.17. The van der Waals surface area contributed by atoms with E-state index in [2.05, 4.69) is 34.7 Å². The van der Waals surface area contributed by atoms with Crippen molar-refractivity contribution in [2.45, 2.75) is 25.8 Å². The molecule has 1 saturated heterocycles. The number of nitrogens with one attached hydrogen (secondary N) is 1. The first-order chi connectivity index (χ1) is 12.6. The number of carbonyl (C=O) groups is 1. The minimum atomic E-state index is -0.128. The summed E-state index contributed by atoms with van der Waals surface area (Å²) in [4.78, 5) is 16.0. The van der Waals surface area contributed by atoms with Crippen LogP contribution < -0.4 is 10.1 Å². The largest absolute Gasteiger partial charge is 0.482 e. The van der Waals surface area contributed by atoms with Crippen LogP contribution in [0.15, 0.2) is 41.8 Å². The first kappa shape index (κ1) is 19.2. The molecule has 1 fully saturated rings. The number of piperidine rings is 1. The van der Waals surface area contributed by atoms with Gasteiger partial charge in [0.2, 0.25) is 0 Å². The van der Waals surface area contributed by atoms with Gasteiger partial charge >= 0.3 is 0 Å². The second-order valence-corrected chi connectivity index (χ2v) is 8.16. The summed E-state index contributed by atoms with van der Waals surface area (Å²) in [6.07, 6.45) is 2.43. The molecule has 1 atom stereocenters. The van der Waals surface area contributed by atoms with Crippen LogP contribution in [0.3, 0.4) is 0 Å². The Balaban J connectivity index is 1.54. The summed E-state index contributed by atoms with van der Waals surface area (Å²) in [5, 5.41) is 5.63. The normalized spacial score (nSPS) is 17.0. The molecular weight excluding hydrogens is 368 g/mol. The van der Waals surface area contributed by atoms with Gasteiger partial charge in [-0.15, -0.1) is 11.3 Å². The lowest BCUT2D eigenvalue weighted by Crippen LogP contribution is -2.42. The third-order valence-corrected chi connectivity index (χ3v) is 6.10. The van der Waals surface area contributed by atoms with E-state index in [-0.39, 0.29) is 18.6 Å². The second kappa shape index (κ2) is 9.40. The van der Waals surface area contributed by atoms with Gasteiger partial charge < -0.3 is 10.1 Å². The highest BCUT2D eigenvalue weighted by molar-refractivity contribution is 7.10. The lowest BCUT2D eigenvalue weighted by molar-refractivity contribution is -0.123. The number of amides is 1. The van der Waals surface area contributed by atoms with Gasteiger partial charge in [0.05, 0.1) is 11.1 Å². The predicted molar refractivity (Wildman–Crippen MR) is 107 cm³/mol. The Morgan fingerprint density at radius 3 is 2.77 bits per heavy atom. The monoisotopic (exact) mass is 392 g/mol. The number of hydrogen-bond donors (Lipinski definition) is 1. The molecule has 26 heavy (non-hydrogen) atoms. The van der Waals surface area contributed by atoms with Crippen LogP contribution in [0.5, 0.6) is 5.75 Å². The van der Waals surface area contributed by atoms with E-state index in [9.17, 15) is 4.79 Å². The molecule has 0 spiro atoms. The molecule has 1 aromatic heterocycles. The summed E-state index contributed by atoms with van der Waals surface area (Å²) in [5.41, 5.74) is 0. The van der Waals surface area contributed by atoms with Crippen molar-refractivity contribution in [2.24, 2.45) is 5.92 Å². The van der Waals surface area contributed by atoms with Crippen molar-refractivity contribution in [2.75, 3.05) is 26.2 Å². The van der Waals surface area contributed by atoms with Gasteiger partial charge in [0.25, 0.3) is 5.91 Å². The van der Waals surface area contributed by atoms with E-state index in [1.54, 1.807) is 23.5 Å². The number of rotatable bonds is 7. The molecule has 0 saturated carbocycles. The SMILES string of the molecule is CC1CCN([C@@H](CNC(=O)COc2ccccc2Cl)c2cccs2)CC1. The number of thiophene rings is 1. The summed E-state index contributed by atoms with van der Waals surface area (Å²) < 4.78 is 5.53. The van der Waals surface area contributed by atoms with Crippen LogP contribution in [0.4, 0.5) is 0 Å². The molecule has 0 bridgehead atoms. The molecule has 1 aliphatic heterocycles. The highest BCUT2D eigenvalue weighted by atomic mass is 35.5. The zero-order chi connectivity index (χ0) is 18.4. The van der Waals surface area contributed by atoms with Crippen molar-refractivity contribution in [1.29, 1.82) is 0 Å². The van der Waals surface area contributed by atoms with Gasteiger partial charge in [0.1, 0.15) is 5.75 Å². The van der Waals surface area contributed by atoms with Gasteiger partial charge in [-0.1, -0.05) is 36.7 Å². The number of para-hydroxylation sites is 1. The summed E-state index contributed by atoms with van der Waals surface area (Å²) >= 11 is 7.80. The van der Waals surface area contributed by atoms with E-state index >= 15 is 0 Å². The topological polar surface area (TPSA) is 41.6 Å². The molecule has 2 aromatic rings. The molecule has 3 rings (SSSR count). The Kier molecular flexibility index (Phi) is 6.94. The van der Waals surface area contributed by atoms with E-state index in [4.69, 9.17) is 16.3 Å². The number of benzene rings is 1. The Hall–Kier alpha value is -1.56. The maximum Gasteiger partial charge on any atom is 0.258 e. The Bertz CT molecular complexity index is 700. The highest BCUT2D eigenvalue weighted by Gasteiger charge is 2.25. The van der Waals surface area contributed by atoms with Gasteiger partial charge in [-0.05, 0) is 55.4 Å². The molecule has 0 unspecified atom stereocenters. The van der Waals surface area contributed by atoms with Crippen molar-refractivity contribution >= 4 is 28.8 Å². The zero-order valence-electron chi connectivity index (χ0n) is 15.0. The Labute approximate surface area is 164 Å². The van der Waals surface area contributed by atoms with E-state index in [1.165, 1.54) is 17.7 Å². The lowest BCUT2D eigenvalue weighted by atomic mass is 9.97. The van der Waals surface area contributed by atoms with Crippen LogP contribution in [-0.4, -0.2) is 37.0 Å². The molecule has 1 aliphatic rings. The number of nitrogens with zero attached hydrogens (tertiary/aromatic N) is 1. The number of ether oxygens (including phenoxy) is 1. The molecule has 4 nitrogen and oxygen atoms in total. The van der Waals surface area contributed by atoms with Crippen molar-refractivity contribution in [3.8, 4) is 5.75 Å². The molecule has 1 amide bonds. The van der Waals surface area contributed by atoms with E-state index < -0.39 is 0 Å². The first-order valence-corrected chi connectivity index (χ1v) is 10.3. The second-order valence-electron chi connectivity index (χ2n) is 6.77. The fourth-order valence-electron chi connectivity index (χ4n) is 3.20. The van der Waals surface area contributed by atoms with Gasteiger partial charge in [0.15, 0.2) is 6.61 Å². The summed E-state index contributed by atoms with van der Waals surface area (Å²) in [7, 11) is 0. The van der Waals surface area contributed by atoms with Crippen LogP contribution in [-0.2, 0) is 4.79 Å². The molecule has 140 valence electrons. The molecular formula is C20H25ClN2O2S. The maximum absolute atomic E-state index is 12.2. The number of likely N-dealkylation sites (tertiary alicyclic amines) is 1. The fourth-order valence-corrected chi connectivity index (χ4v) is 4.25. The Morgan fingerprint density at radius 1 is 1.31 bits per heavy atom. The van der Waals surface area contributed by atoms with Crippen molar-refractivity contribution < 1.29 is 9.53 Å². The van der Waals surface area contributed by atoms with Gasteiger partial charge in [0, 0.05) is 11.4 Å². The minimum Gasteiger partial charge on any atom is -0.482 e. The van der Waals surface area contributed by atoms with Crippen LogP contribution >= 0.6 is 22.9 Å². The molecule has 1 aromatic carbocycles. The average molecular weight is 393 g/mol. The van der Waals surface area contributed by atoms with E-state index in [0.29, 0.717) is 17.3 Å². The quantitative estimate of drug-likeness (QED) is 0.760. The van der Waals surface area contributed by atoms with Gasteiger partial charge in [-0.3, -0.25) is 9.69 Å². The molecule has 0 aliphatic carbocycles. The predicted octanol–water partition coefficient (Wildman–Crippen LogP) is 4.37. The molecule has 2 heterocycles. The standard InChI is InChI=1S/C20H25ClN2O2S/c1-15-8-10-23(11-9-15)17(19-7-4-12-26-19)13-22-20(24)14-25-18-6-3-2-5-16(18)21/h2-7,12,15,17H,8-11,13-14H2,1H3,(H,22,24)/t17-/m0/s1. The van der Waals surface area contributed by atoms with Gasteiger partial charge in [-0.2, -0.15) is 0 Å². The van der Waals surface area contributed by atoms with E-state index in [1.807, 2.05) is 12.1 Å². The summed E-state index contributed by atoms with van der Waals surface area (Å²) in [6, 6.07) is 11.6. The van der Waals surface area contributed by atoms with Crippen LogP contribution in [0.1, 0.15) is 30.7 Å². The third kappa shape index (κ3) is 5.22. The van der Waals surface area contributed by atoms with E-state index in [0.717, 1.165) is 19.0 Å². The van der Waals surface area contributed by atoms with Crippen LogP contribution in [0.2, 0.25) is 5.02 Å². The summed E-state index contributed by atoms with van der Waals surface area (Å²) in [5.74, 6) is 1.19. The van der Waals surface area contributed by atoms with Crippen LogP contribution in [0, 0.1) is 5.92 Å². The number of carbonyl (C=O) groups excluding carboxylic acids is 1. The molecule has 6 heteroatoms. The lowest BCUT2D eigenvalue weighted by Gasteiger charge is -2.36. The maximum atomic E-state index is 12.2. The van der Waals surface area contributed by atoms with Crippen molar-refractivity contribution in [3.05, 3.63) is 51.7 Å². The highest BCUT2D eigenvalue weighted by Crippen LogP contribution is 2.29. The molecule has 0 radical (unpaired) electrons. The van der Waals surface area contributed by atoms with Gasteiger partial charge in [-0.25, -0.2) is 0 Å². The summed E-state index contributed by atoms with van der Waals surface area (Å²) in [6.45, 7) is 5.04. The fraction of sp³-hybridized carbons (Fsp3) is 0.450. The first-order valence-electron chi connectivity index (χ1n) is 9.05. The van der Waals surface area contributed by atoms with Crippen LogP contribution in [0.25, 0.3) is 0 Å². The Morgan fingerprint density at radius 2 is 2.08 bits per heavy atom. The molecule has 1 N–H and O–H groups in total. The third-order valence-electron chi connectivity index (χ3n) is 4.82. The smallest absolute Gasteiger partial charge is 0.258 e. The number of hydrogen-bond acceptors (Lipinski definition) is 4. The number of halogens is 1. The zero-order valence-corrected chi connectivity index (χ0v) is 16.6. The minimum absolute atomic E-state index is 0.0298. The van der Waals surface area contributed by atoms with Crippen molar-refractivity contribution in [3.63, 3.8) is 0 Å².